The van der Waals surface area contributed by atoms with Crippen LogP contribution in [-0.2, 0) is 11.3 Å². The van der Waals surface area contributed by atoms with Gasteiger partial charge in [0.05, 0.1) is 24.4 Å². The number of allylic oxidation sites excluding steroid dienone is 2. The number of rotatable bonds is 14. The first-order chi connectivity index (χ1) is 23.7. The van der Waals surface area contributed by atoms with Gasteiger partial charge in [0.25, 0.3) is 0 Å². The minimum Gasteiger partial charge on any atom is -0.386 e. The number of halogens is 2. The number of hydrogen-bond acceptors (Lipinski definition) is 9. The highest BCUT2D eigenvalue weighted by molar-refractivity contribution is 5.54. The lowest BCUT2D eigenvalue weighted by Gasteiger charge is -2.50. The van der Waals surface area contributed by atoms with Crippen molar-refractivity contribution in [1.29, 1.82) is 0 Å². The fourth-order valence-electron chi connectivity index (χ4n) is 7.58. The van der Waals surface area contributed by atoms with E-state index in [2.05, 4.69) is 61.0 Å². The number of piperazine rings is 1. The van der Waals surface area contributed by atoms with E-state index in [4.69, 9.17) is 4.74 Å². The fourth-order valence-corrected chi connectivity index (χ4v) is 7.58. The van der Waals surface area contributed by atoms with Crippen LogP contribution in [0.5, 0.6) is 0 Å². The molecule has 1 aliphatic carbocycles. The molecule has 0 bridgehead atoms. The molecule has 0 atom stereocenters. The second kappa shape index (κ2) is 15.6. The summed E-state index contributed by atoms with van der Waals surface area (Å²) >= 11 is 0. The Bertz CT molecular complexity index is 1480. The molecular formula is C38H56F2N8O. The van der Waals surface area contributed by atoms with Crippen LogP contribution in [0.15, 0.2) is 48.1 Å². The lowest BCUT2D eigenvalue weighted by Crippen LogP contribution is -2.63. The number of unbranched alkanes of at least 4 members (excludes halogenated alkanes) is 2. The molecule has 49 heavy (non-hydrogen) atoms. The van der Waals surface area contributed by atoms with Gasteiger partial charge in [-0.25, -0.2) is 18.7 Å². The van der Waals surface area contributed by atoms with E-state index in [0.717, 1.165) is 102 Å². The third-order valence-corrected chi connectivity index (χ3v) is 11.2. The lowest BCUT2D eigenvalue weighted by atomic mass is 9.77. The maximum absolute atomic E-state index is 16.0. The average molecular weight is 679 g/mol. The van der Waals surface area contributed by atoms with Crippen LogP contribution >= 0.6 is 0 Å². The Morgan fingerprint density at radius 3 is 2.47 bits per heavy atom. The highest BCUT2D eigenvalue weighted by Gasteiger charge is 2.42. The predicted molar refractivity (Wildman–Crippen MR) is 194 cm³/mol. The van der Waals surface area contributed by atoms with E-state index < -0.39 is 0 Å². The number of aromatic nitrogens is 2. The zero-order valence-corrected chi connectivity index (χ0v) is 29.9. The van der Waals surface area contributed by atoms with Crippen molar-refractivity contribution < 1.29 is 13.5 Å². The molecule has 0 radical (unpaired) electrons. The normalized spacial score (nSPS) is 20.3. The number of nitrogens with one attached hydrogen (secondary N) is 3. The molecule has 4 heterocycles. The van der Waals surface area contributed by atoms with Crippen molar-refractivity contribution in [3.05, 3.63) is 65.3 Å². The van der Waals surface area contributed by atoms with Crippen LogP contribution < -0.4 is 25.8 Å². The van der Waals surface area contributed by atoms with Gasteiger partial charge in [-0.3, -0.25) is 4.90 Å². The molecule has 2 aromatic rings. The monoisotopic (exact) mass is 678 g/mol. The third kappa shape index (κ3) is 8.66. The van der Waals surface area contributed by atoms with E-state index in [0.29, 0.717) is 37.5 Å². The Morgan fingerprint density at radius 1 is 0.980 bits per heavy atom. The molecule has 0 unspecified atom stereocenters. The predicted octanol–water partition coefficient (Wildman–Crippen LogP) is 6.21. The van der Waals surface area contributed by atoms with Crippen LogP contribution in [0.4, 0.5) is 26.1 Å². The van der Waals surface area contributed by atoms with Crippen molar-refractivity contribution in [2.24, 2.45) is 5.41 Å². The summed E-state index contributed by atoms with van der Waals surface area (Å²) in [4.78, 5) is 15.3. The van der Waals surface area contributed by atoms with Gasteiger partial charge < -0.3 is 30.5 Å². The number of piperidine rings is 2. The van der Waals surface area contributed by atoms with Crippen LogP contribution in [0, 0.1) is 17.0 Å². The van der Waals surface area contributed by atoms with E-state index in [9.17, 15) is 0 Å². The van der Waals surface area contributed by atoms with Gasteiger partial charge in [0.15, 0.2) is 0 Å². The largest absolute Gasteiger partial charge is 0.386 e. The summed E-state index contributed by atoms with van der Waals surface area (Å²) < 4.78 is 37.5. The molecule has 6 rings (SSSR count). The number of nitrogens with zero attached hydrogens (tertiary/aromatic N) is 5. The van der Waals surface area contributed by atoms with Gasteiger partial charge in [0.1, 0.15) is 29.6 Å². The number of anilines is 3. The van der Waals surface area contributed by atoms with E-state index in [1.54, 1.807) is 6.33 Å². The van der Waals surface area contributed by atoms with Crippen LogP contribution in [0.25, 0.3) is 0 Å². The highest BCUT2D eigenvalue weighted by Crippen LogP contribution is 2.40. The minimum atomic E-state index is -0.344. The second-order valence-corrected chi connectivity index (χ2v) is 14.8. The Hall–Kier alpha value is -3.44. The molecule has 4 fully saturated rings. The van der Waals surface area contributed by atoms with Gasteiger partial charge in [-0.05, 0) is 69.7 Å². The summed E-state index contributed by atoms with van der Waals surface area (Å²) in [7, 11) is 1.85. The standard InChI is InChI=1S/C38H56F2N8O/c1-5-6-7-19-49-20-14-42-28(2)37(3)10-15-46(16-11-37)24-30-21-32(40)34(22-31(30)39)48-25-33(29-8-9-29)45-38(26-48)12-17-47(18-13-38)36-23-35(41-4)43-27-44-36/h21-23,27,42,45H,2,5-20,24-26H2,1,3-4H3,(H,41,43,44). The van der Waals surface area contributed by atoms with E-state index in [1.807, 2.05) is 13.1 Å². The van der Waals surface area contributed by atoms with Crippen LogP contribution in [0.3, 0.4) is 0 Å². The minimum absolute atomic E-state index is 0.0288. The van der Waals surface area contributed by atoms with Crippen molar-refractivity contribution in [3.63, 3.8) is 0 Å². The molecule has 1 spiro atoms. The number of likely N-dealkylation sites (tertiary alicyclic amines) is 1. The van der Waals surface area contributed by atoms with E-state index >= 15 is 8.78 Å². The van der Waals surface area contributed by atoms with E-state index in [-0.39, 0.29) is 22.6 Å². The van der Waals surface area contributed by atoms with Gasteiger partial charge >= 0.3 is 0 Å². The lowest BCUT2D eigenvalue weighted by molar-refractivity contribution is 0.120. The summed E-state index contributed by atoms with van der Waals surface area (Å²) in [5.74, 6) is 1.02. The zero-order valence-electron chi connectivity index (χ0n) is 29.9. The maximum atomic E-state index is 16.0. The smallest absolute Gasteiger partial charge is 0.147 e. The first-order valence-electron chi connectivity index (χ1n) is 18.4. The number of hydrogen-bond donors (Lipinski definition) is 3. The number of benzene rings is 1. The van der Waals surface area contributed by atoms with Crippen molar-refractivity contribution in [1.82, 2.24) is 25.5 Å². The molecule has 1 aromatic heterocycles. The molecule has 0 amide bonds. The Morgan fingerprint density at radius 2 is 1.76 bits per heavy atom. The van der Waals surface area contributed by atoms with Crippen LogP contribution in [-0.4, -0.2) is 86.5 Å². The molecule has 3 saturated heterocycles. The quantitative estimate of drug-likeness (QED) is 0.202. The van der Waals surface area contributed by atoms with Gasteiger partial charge in [-0.1, -0.05) is 33.3 Å². The van der Waals surface area contributed by atoms with Gasteiger partial charge in [-0.2, -0.15) is 0 Å². The Balaban J connectivity index is 1.05. The summed E-state index contributed by atoms with van der Waals surface area (Å²) in [6.45, 7) is 15.9. The van der Waals surface area contributed by atoms with Gasteiger partial charge in [-0.15, -0.1) is 0 Å². The molecule has 1 aromatic carbocycles. The molecular weight excluding hydrogens is 622 g/mol. The van der Waals surface area contributed by atoms with Crippen molar-refractivity contribution in [2.75, 3.05) is 81.2 Å². The SMILES string of the molecule is C=C(NCCOCCCCC)C1(C)CCN(Cc2cc(F)c(N3CC(=C4CC4)NC4(CCN(c5cc(NC)ncn5)CC4)C3)cc2F)CC1. The maximum Gasteiger partial charge on any atom is 0.147 e. The van der Waals surface area contributed by atoms with E-state index in [1.165, 1.54) is 36.2 Å². The summed E-state index contributed by atoms with van der Waals surface area (Å²) in [6.07, 6.45) is 10.9. The molecule has 9 nitrogen and oxygen atoms in total. The fraction of sp³-hybridized carbons (Fsp3) is 0.632. The van der Waals surface area contributed by atoms with Crippen molar-refractivity contribution in [3.8, 4) is 0 Å². The Labute approximate surface area is 291 Å². The molecule has 268 valence electrons. The second-order valence-electron chi connectivity index (χ2n) is 14.8. The average Bonchev–Trinajstić information content (AvgIpc) is 3.96. The molecule has 4 aliphatic rings. The summed E-state index contributed by atoms with van der Waals surface area (Å²) in [5.41, 5.74) is 4.19. The van der Waals surface area contributed by atoms with Gasteiger partial charge in [0, 0.05) is 80.9 Å². The highest BCUT2D eigenvalue weighted by atomic mass is 19.1. The van der Waals surface area contributed by atoms with Crippen molar-refractivity contribution >= 4 is 17.3 Å². The number of ether oxygens (including phenoxy) is 1. The topological polar surface area (TPSA) is 80.8 Å². The zero-order chi connectivity index (χ0) is 34.4. The summed E-state index contributed by atoms with van der Waals surface area (Å²) in [6, 6.07) is 4.85. The van der Waals surface area contributed by atoms with Gasteiger partial charge in [0.2, 0.25) is 0 Å². The first-order valence-corrected chi connectivity index (χ1v) is 18.4. The third-order valence-electron chi connectivity index (χ3n) is 11.2. The molecule has 3 aliphatic heterocycles. The Kier molecular flexibility index (Phi) is 11.3. The van der Waals surface area contributed by atoms with Crippen LogP contribution in [0.1, 0.15) is 77.2 Å². The molecule has 1 saturated carbocycles. The van der Waals surface area contributed by atoms with Crippen LogP contribution in [0.2, 0.25) is 0 Å². The first kappa shape index (κ1) is 35.4. The van der Waals surface area contributed by atoms with Crippen molar-refractivity contribution in [2.45, 2.75) is 83.7 Å². The molecule has 3 N–H and O–H groups in total. The summed E-state index contributed by atoms with van der Waals surface area (Å²) in [5, 5.41) is 10.5. The molecule has 11 heteroatoms.